The van der Waals surface area contributed by atoms with Gasteiger partial charge in [0.25, 0.3) is 0 Å². The van der Waals surface area contributed by atoms with Crippen molar-refractivity contribution in [2.75, 3.05) is 7.05 Å². The van der Waals surface area contributed by atoms with Crippen LogP contribution in [0.5, 0.6) is 0 Å². The van der Waals surface area contributed by atoms with E-state index in [9.17, 15) is 0 Å². The lowest BCUT2D eigenvalue weighted by atomic mass is 10.3. The third-order valence-electron chi connectivity index (χ3n) is 2.35. The Morgan fingerprint density at radius 2 is 2.29 bits per heavy atom. The van der Waals surface area contributed by atoms with E-state index in [-0.39, 0.29) is 6.04 Å². The van der Waals surface area contributed by atoms with E-state index in [1.165, 1.54) is 0 Å². The van der Waals surface area contributed by atoms with Gasteiger partial charge in [-0.1, -0.05) is 6.07 Å². The van der Waals surface area contributed by atoms with E-state index in [2.05, 4.69) is 37.6 Å². The molecule has 74 valence electrons. The lowest BCUT2D eigenvalue weighted by Gasteiger charge is -2.10. The highest BCUT2D eigenvalue weighted by molar-refractivity contribution is 9.10. The number of rotatable bonds is 2. The van der Waals surface area contributed by atoms with Gasteiger partial charge in [-0.25, -0.2) is 4.98 Å². The first-order chi connectivity index (χ1) is 6.74. The van der Waals surface area contributed by atoms with Gasteiger partial charge in [-0.15, -0.1) is 0 Å². The average Bonchev–Trinajstić information content (AvgIpc) is 2.62. The molecule has 2 aromatic heterocycles. The van der Waals surface area contributed by atoms with Crippen LogP contribution in [-0.4, -0.2) is 16.4 Å². The van der Waals surface area contributed by atoms with Gasteiger partial charge in [-0.2, -0.15) is 0 Å². The van der Waals surface area contributed by atoms with Gasteiger partial charge in [0.1, 0.15) is 5.82 Å². The first-order valence-electron chi connectivity index (χ1n) is 4.53. The molecule has 2 heterocycles. The number of fused-ring (bicyclic) bond motifs is 1. The molecule has 0 aliphatic rings. The molecule has 0 aromatic carbocycles. The van der Waals surface area contributed by atoms with Crippen LogP contribution in [0.25, 0.3) is 5.52 Å². The number of nitrogens with zero attached hydrogens (tertiary/aromatic N) is 2. The van der Waals surface area contributed by atoms with Crippen LogP contribution in [-0.2, 0) is 0 Å². The number of pyridine rings is 1. The third-order valence-corrected chi connectivity index (χ3v) is 2.97. The summed E-state index contributed by atoms with van der Waals surface area (Å²) < 4.78 is 3.13. The van der Waals surface area contributed by atoms with E-state index in [0.29, 0.717) is 0 Å². The van der Waals surface area contributed by atoms with Gasteiger partial charge in [-0.05, 0) is 42.0 Å². The molecule has 1 N–H and O–H groups in total. The molecule has 2 rings (SSSR count). The fourth-order valence-electron chi connectivity index (χ4n) is 1.47. The van der Waals surface area contributed by atoms with Crippen LogP contribution in [0, 0.1) is 0 Å². The highest BCUT2D eigenvalue weighted by Gasteiger charge is 2.11. The normalized spacial score (nSPS) is 13.4. The smallest absolute Gasteiger partial charge is 0.131 e. The van der Waals surface area contributed by atoms with Gasteiger partial charge in [-0.3, -0.25) is 4.40 Å². The number of hydrogen-bond donors (Lipinski definition) is 1. The summed E-state index contributed by atoms with van der Waals surface area (Å²) in [6.07, 6.45) is 1.88. The number of imidazole rings is 1. The quantitative estimate of drug-likeness (QED) is 0.834. The molecule has 2 aromatic rings. The van der Waals surface area contributed by atoms with E-state index in [0.717, 1.165) is 15.9 Å². The average molecular weight is 254 g/mol. The Hall–Kier alpha value is -0.870. The topological polar surface area (TPSA) is 29.3 Å². The van der Waals surface area contributed by atoms with E-state index < -0.39 is 0 Å². The highest BCUT2D eigenvalue weighted by atomic mass is 79.9. The summed E-state index contributed by atoms with van der Waals surface area (Å²) in [5.74, 6) is 1.02. The molecular formula is C10H12BrN3. The fourth-order valence-corrected chi connectivity index (χ4v) is 2.00. The molecule has 1 atom stereocenters. The van der Waals surface area contributed by atoms with Crippen molar-refractivity contribution in [2.45, 2.75) is 13.0 Å². The molecule has 4 heteroatoms. The summed E-state index contributed by atoms with van der Waals surface area (Å²) in [6.45, 7) is 2.09. The Morgan fingerprint density at radius 1 is 1.50 bits per heavy atom. The molecule has 0 amide bonds. The predicted octanol–water partition coefficient (Wildman–Crippen LogP) is 2.38. The third kappa shape index (κ3) is 1.44. The largest absolute Gasteiger partial charge is 0.311 e. The van der Waals surface area contributed by atoms with E-state index in [4.69, 9.17) is 0 Å². The minimum atomic E-state index is 0.246. The van der Waals surface area contributed by atoms with Crippen molar-refractivity contribution < 1.29 is 0 Å². The maximum Gasteiger partial charge on any atom is 0.131 e. The minimum Gasteiger partial charge on any atom is -0.311 e. The first-order valence-corrected chi connectivity index (χ1v) is 5.32. The number of aromatic nitrogens is 2. The number of nitrogens with one attached hydrogen (secondary N) is 1. The summed E-state index contributed by atoms with van der Waals surface area (Å²) in [6, 6.07) is 6.32. The SMILES string of the molecule is CNC(C)c1ncc2cccc(Br)n12. The summed E-state index contributed by atoms with van der Waals surface area (Å²) in [5.41, 5.74) is 1.11. The Balaban J connectivity index is 2.67. The molecule has 1 unspecified atom stereocenters. The van der Waals surface area contributed by atoms with E-state index in [1.54, 1.807) is 0 Å². The highest BCUT2D eigenvalue weighted by Crippen LogP contribution is 2.19. The maximum atomic E-state index is 4.40. The van der Waals surface area contributed by atoms with Crippen molar-refractivity contribution in [1.29, 1.82) is 0 Å². The Kier molecular flexibility index (Phi) is 2.56. The van der Waals surface area contributed by atoms with Gasteiger partial charge >= 0.3 is 0 Å². The van der Waals surface area contributed by atoms with Gasteiger partial charge in [0.05, 0.1) is 22.4 Å². The molecule has 0 aliphatic carbocycles. The Morgan fingerprint density at radius 3 is 3.00 bits per heavy atom. The van der Waals surface area contributed by atoms with Crippen molar-refractivity contribution in [3.05, 3.63) is 34.8 Å². The number of hydrogen-bond acceptors (Lipinski definition) is 2. The second-order valence-corrected chi connectivity index (χ2v) is 4.05. The molecule has 14 heavy (non-hydrogen) atoms. The lowest BCUT2D eigenvalue weighted by molar-refractivity contribution is 0.606. The predicted molar refractivity (Wildman–Crippen MR) is 60.4 cm³/mol. The Bertz CT molecular complexity index is 450. The van der Waals surface area contributed by atoms with E-state index in [1.807, 2.05) is 31.4 Å². The monoisotopic (exact) mass is 253 g/mol. The summed E-state index contributed by atoms with van der Waals surface area (Å²) in [4.78, 5) is 4.40. The fraction of sp³-hybridized carbons (Fsp3) is 0.300. The minimum absolute atomic E-state index is 0.246. The van der Waals surface area contributed by atoms with Crippen LogP contribution in [0.1, 0.15) is 18.8 Å². The molecular weight excluding hydrogens is 242 g/mol. The van der Waals surface area contributed by atoms with Crippen molar-refractivity contribution >= 4 is 21.4 Å². The zero-order valence-electron chi connectivity index (χ0n) is 8.16. The molecule has 0 bridgehead atoms. The summed E-state index contributed by atoms with van der Waals surface area (Å²) >= 11 is 3.52. The second kappa shape index (κ2) is 3.71. The zero-order valence-corrected chi connectivity index (χ0v) is 9.75. The standard InChI is InChI=1S/C10H12BrN3/c1-7(12-2)10-13-6-8-4-3-5-9(11)14(8)10/h3-7,12H,1-2H3. The Labute approximate surface area is 91.3 Å². The van der Waals surface area contributed by atoms with Crippen LogP contribution in [0.3, 0.4) is 0 Å². The molecule has 0 radical (unpaired) electrons. The van der Waals surface area contributed by atoms with Crippen molar-refractivity contribution in [1.82, 2.24) is 14.7 Å². The van der Waals surface area contributed by atoms with E-state index >= 15 is 0 Å². The lowest BCUT2D eigenvalue weighted by Crippen LogP contribution is -2.15. The molecule has 0 spiro atoms. The number of halogens is 1. The molecule has 3 nitrogen and oxygen atoms in total. The zero-order chi connectivity index (χ0) is 10.1. The van der Waals surface area contributed by atoms with Crippen LogP contribution >= 0.6 is 15.9 Å². The van der Waals surface area contributed by atoms with Crippen LogP contribution in [0.4, 0.5) is 0 Å². The van der Waals surface area contributed by atoms with Gasteiger partial charge in [0.15, 0.2) is 0 Å². The summed E-state index contributed by atoms with van der Waals surface area (Å²) in [7, 11) is 1.93. The van der Waals surface area contributed by atoms with Gasteiger partial charge in [0, 0.05) is 0 Å². The summed E-state index contributed by atoms with van der Waals surface area (Å²) in [5, 5.41) is 3.18. The first kappa shape index (κ1) is 9.68. The van der Waals surface area contributed by atoms with Crippen LogP contribution in [0.2, 0.25) is 0 Å². The molecule has 0 aliphatic heterocycles. The van der Waals surface area contributed by atoms with Crippen molar-refractivity contribution in [3.63, 3.8) is 0 Å². The molecule has 0 saturated heterocycles. The van der Waals surface area contributed by atoms with Gasteiger partial charge < -0.3 is 5.32 Å². The van der Waals surface area contributed by atoms with Crippen molar-refractivity contribution in [3.8, 4) is 0 Å². The second-order valence-electron chi connectivity index (χ2n) is 3.24. The maximum absolute atomic E-state index is 4.40. The van der Waals surface area contributed by atoms with Crippen LogP contribution < -0.4 is 5.32 Å². The van der Waals surface area contributed by atoms with Crippen molar-refractivity contribution in [2.24, 2.45) is 0 Å². The molecule has 0 saturated carbocycles. The van der Waals surface area contributed by atoms with Crippen LogP contribution in [0.15, 0.2) is 29.0 Å². The van der Waals surface area contributed by atoms with Gasteiger partial charge in [0.2, 0.25) is 0 Å². The molecule has 0 fully saturated rings.